The lowest BCUT2D eigenvalue weighted by Crippen LogP contribution is -2.63. The standard InChI is InChI=1S/C11H18O9/c1-3(12)5(14)7(16)10-8(17)6(15)9(18)11(20-10)19-4(2)13/h5-11,14-18H,1-2H3/t5?,6-,7-,8-,9-,10+,11?/m0/s1. The van der Waals surface area contributed by atoms with Crippen LogP contribution in [0.25, 0.3) is 0 Å². The topological polar surface area (TPSA) is 154 Å². The first-order valence-corrected chi connectivity index (χ1v) is 5.90. The van der Waals surface area contributed by atoms with Crippen LogP contribution in [-0.2, 0) is 19.1 Å². The van der Waals surface area contributed by atoms with Crippen molar-refractivity contribution in [2.45, 2.75) is 56.8 Å². The Balaban J connectivity index is 2.89. The van der Waals surface area contributed by atoms with Gasteiger partial charge in [0.25, 0.3) is 0 Å². The fraction of sp³-hybridized carbons (Fsp3) is 0.818. The molecule has 0 spiro atoms. The summed E-state index contributed by atoms with van der Waals surface area (Å²) in [6.45, 7) is 2.04. The minimum absolute atomic E-state index is 0.780. The Morgan fingerprint density at radius 1 is 1.05 bits per heavy atom. The Hall–Kier alpha value is -1.10. The summed E-state index contributed by atoms with van der Waals surface area (Å²) in [4.78, 5) is 21.8. The molecule has 9 nitrogen and oxygen atoms in total. The summed E-state index contributed by atoms with van der Waals surface area (Å²) in [5, 5.41) is 48.1. The van der Waals surface area contributed by atoms with Gasteiger partial charge < -0.3 is 35.0 Å². The number of aliphatic hydroxyl groups excluding tert-OH is 5. The minimum Gasteiger partial charge on any atom is -0.433 e. The molecule has 0 amide bonds. The summed E-state index contributed by atoms with van der Waals surface area (Å²) in [5.74, 6) is -1.60. The predicted octanol–water partition coefficient (Wildman–Crippen LogP) is -3.33. The monoisotopic (exact) mass is 294 g/mol. The molecule has 0 bridgehead atoms. The molecule has 20 heavy (non-hydrogen) atoms. The van der Waals surface area contributed by atoms with Crippen LogP contribution in [0.3, 0.4) is 0 Å². The lowest BCUT2D eigenvalue weighted by atomic mass is 9.92. The molecule has 1 heterocycles. The summed E-state index contributed by atoms with van der Waals surface area (Å²) < 4.78 is 9.54. The van der Waals surface area contributed by atoms with Gasteiger partial charge in [-0.05, 0) is 6.92 Å². The second-order valence-electron chi connectivity index (χ2n) is 4.60. The maximum absolute atomic E-state index is 11.0. The number of hydrogen-bond acceptors (Lipinski definition) is 9. The van der Waals surface area contributed by atoms with E-state index in [2.05, 4.69) is 4.74 Å². The lowest BCUT2D eigenvalue weighted by molar-refractivity contribution is -0.305. The molecule has 1 aliphatic rings. The summed E-state index contributed by atoms with van der Waals surface area (Å²) in [5.41, 5.74) is 0. The van der Waals surface area contributed by atoms with Crippen LogP contribution >= 0.6 is 0 Å². The zero-order chi connectivity index (χ0) is 15.6. The van der Waals surface area contributed by atoms with Crippen molar-refractivity contribution >= 4 is 11.8 Å². The lowest BCUT2D eigenvalue weighted by Gasteiger charge is -2.41. The van der Waals surface area contributed by atoms with Gasteiger partial charge in [-0.2, -0.15) is 0 Å². The Bertz CT molecular complexity index is 371. The zero-order valence-corrected chi connectivity index (χ0v) is 10.9. The van der Waals surface area contributed by atoms with Crippen molar-refractivity contribution in [3.63, 3.8) is 0 Å². The fourth-order valence-electron chi connectivity index (χ4n) is 1.84. The third-order valence-electron chi connectivity index (χ3n) is 2.97. The Kier molecular flexibility index (Phi) is 5.57. The van der Waals surface area contributed by atoms with Gasteiger partial charge in [0.2, 0.25) is 6.29 Å². The van der Waals surface area contributed by atoms with Crippen molar-refractivity contribution in [1.82, 2.24) is 0 Å². The van der Waals surface area contributed by atoms with Gasteiger partial charge in [-0.3, -0.25) is 9.59 Å². The molecule has 116 valence electrons. The van der Waals surface area contributed by atoms with E-state index >= 15 is 0 Å². The van der Waals surface area contributed by atoms with E-state index in [4.69, 9.17) is 4.74 Å². The van der Waals surface area contributed by atoms with Crippen LogP contribution in [0.5, 0.6) is 0 Å². The largest absolute Gasteiger partial charge is 0.433 e. The highest BCUT2D eigenvalue weighted by molar-refractivity contribution is 5.80. The predicted molar refractivity (Wildman–Crippen MR) is 61.1 cm³/mol. The highest BCUT2D eigenvalue weighted by Crippen LogP contribution is 2.25. The van der Waals surface area contributed by atoms with Crippen molar-refractivity contribution in [3.05, 3.63) is 0 Å². The second kappa shape index (κ2) is 6.57. The molecular formula is C11H18O9. The van der Waals surface area contributed by atoms with E-state index in [9.17, 15) is 35.1 Å². The summed E-state index contributed by atoms with van der Waals surface area (Å²) in [7, 11) is 0. The van der Waals surface area contributed by atoms with Crippen molar-refractivity contribution in [3.8, 4) is 0 Å². The van der Waals surface area contributed by atoms with Crippen molar-refractivity contribution < 1.29 is 44.6 Å². The summed E-state index contributed by atoms with van der Waals surface area (Å²) >= 11 is 0. The number of carbonyl (C=O) groups is 2. The van der Waals surface area contributed by atoms with E-state index in [0.29, 0.717) is 0 Å². The number of Topliss-reactive ketones (excluding diaryl/α,β-unsaturated/α-hetero) is 1. The normalized spacial score (nSPS) is 37.0. The molecule has 1 fully saturated rings. The molecule has 0 aliphatic carbocycles. The molecule has 1 aliphatic heterocycles. The molecule has 0 aromatic carbocycles. The number of ether oxygens (including phenoxy) is 2. The van der Waals surface area contributed by atoms with Crippen LogP contribution in [0.1, 0.15) is 13.8 Å². The van der Waals surface area contributed by atoms with Gasteiger partial charge in [0, 0.05) is 6.92 Å². The van der Waals surface area contributed by atoms with Crippen LogP contribution in [0.2, 0.25) is 0 Å². The Morgan fingerprint density at radius 3 is 2.05 bits per heavy atom. The molecular weight excluding hydrogens is 276 g/mol. The average Bonchev–Trinajstić information content (AvgIpc) is 2.37. The highest BCUT2D eigenvalue weighted by atomic mass is 16.7. The van der Waals surface area contributed by atoms with E-state index in [1.54, 1.807) is 0 Å². The van der Waals surface area contributed by atoms with Gasteiger partial charge in [-0.25, -0.2) is 0 Å². The number of esters is 1. The van der Waals surface area contributed by atoms with Gasteiger partial charge in [0.05, 0.1) is 0 Å². The molecule has 1 saturated heterocycles. The maximum atomic E-state index is 11.0. The zero-order valence-electron chi connectivity index (χ0n) is 10.9. The van der Waals surface area contributed by atoms with Crippen LogP contribution < -0.4 is 0 Å². The smallest absolute Gasteiger partial charge is 0.305 e. The van der Waals surface area contributed by atoms with E-state index < -0.39 is 54.7 Å². The van der Waals surface area contributed by atoms with Crippen LogP contribution in [-0.4, -0.2) is 80.2 Å². The summed E-state index contributed by atoms with van der Waals surface area (Å²) in [6.07, 6.45) is -12.3. The molecule has 0 radical (unpaired) electrons. The molecule has 2 unspecified atom stereocenters. The van der Waals surface area contributed by atoms with E-state index in [-0.39, 0.29) is 0 Å². The van der Waals surface area contributed by atoms with Crippen molar-refractivity contribution in [1.29, 1.82) is 0 Å². The van der Waals surface area contributed by atoms with Gasteiger partial charge in [0.15, 0.2) is 5.78 Å². The SMILES string of the molecule is CC(=O)OC1O[C@H]([C@@H](O)C(O)C(C)=O)[C@@H](O)[C@H](O)[C@@H]1O. The van der Waals surface area contributed by atoms with Gasteiger partial charge in [-0.1, -0.05) is 0 Å². The van der Waals surface area contributed by atoms with Crippen LogP contribution in [0.15, 0.2) is 0 Å². The number of ketones is 1. The van der Waals surface area contributed by atoms with E-state index in [0.717, 1.165) is 13.8 Å². The Morgan fingerprint density at radius 2 is 1.60 bits per heavy atom. The van der Waals surface area contributed by atoms with E-state index in [1.165, 1.54) is 0 Å². The molecule has 7 atom stereocenters. The molecule has 9 heteroatoms. The third-order valence-corrected chi connectivity index (χ3v) is 2.97. The minimum atomic E-state index is -1.86. The molecule has 5 N–H and O–H groups in total. The second-order valence-corrected chi connectivity index (χ2v) is 4.60. The third kappa shape index (κ3) is 3.51. The molecule has 1 rings (SSSR count). The number of hydrogen-bond donors (Lipinski definition) is 5. The number of aliphatic hydroxyl groups is 5. The Labute approximate surface area is 114 Å². The maximum Gasteiger partial charge on any atom is 0.305 e. The average molecular weight is 294 g/mol. The van der Waals surface area contributed by atoms with Gasteiger partial charge in [-0.15, -0.1) is 0 Å². The van der Waals surface area contributed by atoms with Gasteiger partial charge >= 0.3 is 5.97 Å². The molecule has 0 aromatic heterocycles. The summed E-state index contributed by atoms with van der Waals surface area (Å²) in [6, 6.07) is 0. The number of rotatable bonds is 4. The fourth-order valence-corrected chi connectivity index (χ4v) is 1.84. The molecule has 0 aromatic rings. The van der Waals surface area contributed by atoms with Crippen LogP contribution in [0, 0.1) is 0 Å². The first kappa shape index (κ1) is 17.0. The molecule has 0 saturated carbocycles. The van der Waals surface area contributed by atoms with Crippen molar-refractivity contribution in [2.24, 2.45) is 0 Å². The number of carbonyl (C=O) groups excluding carboxylic acids is 2. The highest BCUT2D eigenvalue weighted by Gasteiger charge is 2.49. The van der Waals surface area contributed by atoms with Gasteiger partial charge in [0.1, 0.15) is 36.6 Å². The van der Waals surface area contributed by atoms with Crippen molar-refractivity contribution in [2.75, 3.05) is 0 Å². The van der Waals surface area contributed by atoms with E-state index in [1.807, 2.05) is 0 Å². The first-order valence-electron chi connectivity index (χ1n) is 5.90. The van der Waals surface area contributed by atoms with Crippen LogP contribution in [0.4, 0.5) is 0 Å². The quantitative estimate of drug-likeness (QED) is 0.335. The first-order chi connectivity index (χ1) is 9.16.